The van der Waals surface area contributed by atoms with Gasteiger partial charge in [-0.15, -0.1) is 15.3 Å². The number of benzene rings is 1. The number of anilines is 1. The van der Waals surface area contributed by atoms with Crippen LogP contribution in [-0.4, -0.2) is 49.9 Å². The normalized spacial score (nSPS) is 22.9. The van der Waals surface area contributed by atoms with E-state index in [1.165, 1.54) is 5.56 Å². The van der Waals surface area contributed by atoms with E-state index >= 15 is 0 Å². The van der Waals surface area contributed by atoms with Crippen LogP contribution in [0.5, 0.6) is 0 Å². The fourth-order valence-electron chi connectivity index (χ4n) is 4.35. The van der Waals surface area contributed by atoms with E-state index in [1.54, 1.807) is 12.1 Å². The summed E-state index contributed by atoms with van der Waals surface area (Å²) >= 11 is 0. The molecule has 0 N–H and O–H groups in total. The number of piperazine rings is 1. The van der Waals surface area contributed by atoms with Crippen LogP contribution < -0.4 is 4.90 Å². The minimum Gasteiger partial charge on any atom is -0.352 e. The molecule has 146 valence electrons. The summed E-state index contributed by atoms with van der Waals surface area (Å²) in [5.74, 6) is -0.552. The third-order valence-electron chi connectivity index (χ3n) is 5.67. The highest BCUT2D eigenvalue weighted by molar-refractivity contribution is 5.47. The molecule has 2 fully saturated rings. The number of rotatable bonds is 3. The van der Waals surface area contributed by atoms with E-state index in [4.69, 9.17) is 0 Å². The minimum absolute atomic E-state index is 0.0989. The number of nitrogens with zero attached hydrogens (tertiary/aromatic N) is 6. The lowest BCUT2D eigenvalue weighted by molar-refractivity contribution is -0.146. The van der Waals surface area contributed by atoms with Crippen molar-refractivity contribution >= 4 is 11.5 Å². The number of hydrogen-bond donors (Lipinski definition) is 0. The molecular formula is C19H19F3N6. The number of hydrogen-bond acceptors (Lipinski definition) is 5. The van der Waals surface area contributed by atoms with Crippen LogP contribution in [0.4, 0.5) is 19.0 Å². The predicted molar refractivity (Wildman–Crippen MR) is 96.8 cm³/mol. The summed E-state index contributed by atoms with van der Waals surface area (Å²) in [4.78, 5) is 4.60. The molecule has 0 aliphatic carbocycles. The number of halogens is 3. The van der Waals surface area contributed by atoms with E-state index in [1.807, 2.05) is 18.2 Å². The average Bonchev–Trinajstić information content (AvgIpc) is 3.19. The van der Waals surface area contributed by atoms with Gasteiger partial charge in [-0.25, -0.2) is 0 Å². The Balaban J connectivity index is 1.39. The zero-order chi connectivity index (χ0) is 19.3. The van der Waals surface area contributed by atoms with Gasteiger partial charge < -0.3 is 4.90 Å². The Kier molecular flexibility index (Phi) is 4.01. The number of aromatic nitrogens is 4. The second-order valence-electron chi connectivity index (χ2n) is 7.43. The van der Waals surface area contributed by atoms with Crippen LogP contribution in [0.1, 0.15) is 24.2 Å². The first-order valence-corrected chi connectivity index (χ1v) is 9.33. The zero-order valence-electron chi connectivity index (χ0n) is 15.0. The monoisotopic (exact) mass is 388 g/mol. The third kappa shape index (κ3) is 2.99. The minimum atomic E-state index is -4.58. The smallest absolute Gasteiger partial charge is 0.352 e. The van der Waals surface area contributed by atoms with Crippen LogP contribution in [0.15, 0.2) is 42.5 Å². The van der Waals surface area contributed by atoms with Crippen LogP contribution in [0.25, 0.3) is 5.65 Å². The standard InChI is InChI=1S/C19H19F3N6/c20-19(21,22)18-24-23-16-8-9-17(25-28(16)18)26-11-14-6-7-15(12-26)27(14)10-13-4-2-1-3-5-13/h1-5,8-9,14-15H,6-7,10-12H2/t14-,15+. The van der Waals surface area contributed by atoms with Gasteiger partial charge in [0.05, 0.1) is 0 Å². The number of fused-ring (bicyclic) bond motifs is 3. The molecule has 6 nitrogen and oxygen atoms in total. The van der Waals surface area contributed by atoms with Gasteiger partial charge >= 0.3 is 6.18 Å². The maximum Gasteiger partial charge on any atom is 0.453 e. The number of alkyl halides is 3. The highest BCUT2D eigenvalue weighted by atomic mass is 19.4. The molecule has 0 amide bonds. The predicted octanol–water partition coefficient (Wildman–Crippen LogP) is 3.00. The summed E-state index contributed by atoms with van der Waals surface area (Å²) in [6.45, 7) is 2.41. The second kappa shape index (κ2) is 6.44. The van der Waals surface area contributed by atoms with Crippen molar-refractivity contribution < 1.29 is 13.2 Å². The van der Waals surface area contributed by atoms with Crippen molar-refractivity contribution in [2.75, 3.05) is 18.0 Å². The lowest BCUT2D eigenvalue weighted by Crippen LogP contribution is -2.53. The molecule has 2 aliphatic heterocycles. The molecule has 2 aliphatic rings. The molecule has 9 heteroatoms. The summed E-state index contributed by atoms with van der Waals surface area (Å²) in [5.41, 5.74) is 1.38. The maximum absolute atomic E-state index is 13.1. The summed E-state index contributed by atoms with van der Waals surface area (Å²) < 4.78 is 40.2. The Morgan fingerprint density at radius 3 is 2.32 bits per heavy atom. The summed E-state index contributed by atoms with van der Waals surface area (Å²) in [7, 11) is 0. The van der Waals surface area contributed by atoms with E-state index in [0.717, 1.165) is 37.0 Å². The van der Waals surface area contributed by atoms with Crippen LogP contribution in [0.2, 0.25) is 0 Å². The van der Waals surface area contributed by atoms with Crippen LogP contribution in [0.3, 0.4) is 0 Å². The van der Waals surface area contributed by atoms with E-state index in [2.05, 4.69) is 37.2 Å². The fourth-order valence-corrected chi connectivity index (χ4v) is 4.35. The van der Waals surface area contributed by atoms with E-state index in [0.29, 0.717) is 17.9 Å². The summed E-state index contributed by atoms with van der Waals surface area (Å²) in [6.07, 6.45) is -2.40. The molecule has 5 rings (SSSR count). The largest absolute Gasteiger partial charge is 0.453 e. The Bertz CT molecular complexity index is 972. The van der Waals surface area contributed by atoms with Gasteiger partial charge in [0.15, 0.2) is 5.65 Å². The van der Waals surface area contributed by atoms with Crippen molar-refractivity contribution in [3.63, 3.8) is 0 Å². The molecule has 2 atom stereocenters. The summed E-state index contributed by atoms with van der Waals surface area (Å²) in [5, 5.41) is 11.0. The van der Waals surface area contributed by atoms with Gasteiger partial charge in [-0.2, -0.15) is 17.7 Å². The molecule has 4 heterocycles. The Labute approximate surface area is 159 Å². The molecular weight excluding hydrogens is 369 g/mol. The lowest BCUT2D eigenvalue weighted by atomic mass is 10.1. The van der Waals surface area contributed by atoms with Crippen molar-refractivity contribution in [1.29, 1.82) is 0 Å². The SMILES string of the molecule is FC(F)(F)c1nnc2ccc(N3C[C@H]4CC[C@@H](C3)N4Cc3ccccc3)nn12. The molecule has 0 unspecified atom stereocenters. The lowest BCUT2D eigenvalue weighted by Gasteiger charge is -2.41. The molecule has 0 radical (unpaired) electrons. The third-order valence-corrected chi connectivity index (χ3v) is 5.67. The summed E-state index contributed by atoms with van der Waals surface area (Å²) in [6, 6.07) is 14.4. The Morgan fingerprint density at radius 1 is 0.929 bits per heavy atom. The van der Waals surface area contributed by atoms with Crippen molar-refractivity contribution in [1.82, 2.24) is 24.7 Å². The fraction of sp³-hybridized carbons (Fsp3) is 0.421. The molecule has 0 spiro atoms. The Hall–Kier alpha value is -2.68. The molecule has 2 aromatic heterocycles. The molecule has 28 heavy (non-hydrogen) atoms. The van der Waals surface area contributed by atoms with Gasteiger partial charge in [0, 0.05) is 31.7 Å². The maximum atomic E-state index is 13.1. The van der Waals surface area contributed by atoms with Crippen LogP contribution >= 0.6 is 0 Å². The van der Waals surface area contributed by atoms with E-state index in [-0.39, 0.29) is 5.65 Å². The molecule has 2 bridgehead atoms. The molecule has 1 aromatic carbocycles. The first kappa shape index (κ1) is 17.4. The highest BCUT2D eigenvalue weighted by Gasteiger charge is 2.41. The van der Waals surface area contributed by atoms with Gasteiger partial charge in [0.25, 0.3) is 5.82 Å². The van der Waals surface area contributed by atoms with Gasteiger partial charge in [0.2, 0.25) is 0 Å². The topological polar surface area (TPSA) is 49.6 Å². The quantitative estimate of drug-likeness (QED) is 0.691. The van der Waals surface area contributed by atoms with Crippen molar-refractivity contribution in [3.05, 3.63) is 53.9 Å². The van der Waals surface area contributed by atoms with Gasteiger partial charge in [-0.3, -0.25) is 4.90 Å². The highest BCUT2D eigenvalue weighted by Crippen LogP contribution is 2.34. The van der Waals surface area contributed by atoms with E-state index < -0.39 is 12.0 Å². The van der Waals surface area contributed by atoms with E-state index in [9.17, 15) is 13.2 Å². The first-order chi connectivity index (χ1) is 13.5. The average molecular weight is 388 g/mol. The Morgan fingerprint density at radius 2 is 1.64 bits per heavy atom. The first-order valence-electron chi connectivity index (χ1n) is 9.33. The van der Waals surface area contributed by atoms with Gasteiger partial charge in [0.1, 0.15) is 5.82 Å². The molecule has 0 saturated carbocycles. The zero-order valence-corrected chi connectivity index (χ0v) is 15.0. The van der Waals surface area contributed by atoms with Crippen molar-refractivity contribution in [2.45, 2.75) is 37.6 Å². The van der Waals surface area contributed by atoms with Crippen molar-refractivity contribution in [3.8, 4) is 0 Å². The van der Waals surface area contributed by atoms with Gasteiger partial charge in [-0.05, 0) is 30.5 Å². The van der Waals surface area contributed by atoms with Crippen molar-refractivity contribution in [2.24, 2.45) is 0 Å². The van der Waals surface area contributed by atoms with Gasteiger partial charge in [-0.1, -0.05) is 30.3 Å². The molecule has 2 saturated heterocycles. The van der Waals surface area contributed by atoms with Crippen LogP contribution in [0, 0.1) is 0 Å². The second-order valence-corrected chi connectivity index (χ2v) is 7.43. The van der Waals surface area contributed by atoms with Crippen LogP contribution in [-0.2, 0) is 12.7 Å². The molecule has 3 aromatic rings.